The van der Waals surface area contributed by atoms with E-state index in [9.17, 15) is 9.59 Å². The molecule has 10 heteroatoms. The highest BCUT2D eigenvalue weighted by Crippen LogP contribution is 2.28. The largest absolute Gasteiger partial charge is 0.349 e. The molecule has 1 aromatic carbocycles. The number of imidazole rings is 1. The molecule has 1 amide bonds. The van der Waals surface area contributed by atoms with Gasteiger partial charge in [0.05, 0.1) is 44.9 Å². The van der Waals surface area contributed by atoms with Crippen LogP contribution in [-0.2, 0) is 13.6 Å². The molecular formula is C30H30ClN7O2. The number of carbonyl (C=O) groups is 1. The van der Waals surface area contributed by atoms with E-state index in [-0.39, 0.29) is 17.6 Å². The van der Waals surface area contributed by atoms with Gasteiger partial charge in [-0.2, -0.15) is 5.10 Å². The SMILES string of the molecule is Cc1ncc(Cl)cc1C(=O)N[C@H]1CC[C@H](Cn2c(=O)n(-c3ccnc(-c4cnn(C)c4)c3)c3ccccc32)CC1. The van der Waals surface area contributed by atoms with E-state index in [1.807, 2.05) is 61.1 Å². The second kappa shape index (κ2) is 10.7. The first kappa shape index (κ1) is 26.0. The molecule has 1 N–H and O–H groups in total. The van der Waals surface area contributed by atoms with Gasteiger partial charge in [0.15, 0.2) is 0 Å². The zero-order valence-electron chi connectivity index (χ0n) is 22.4. The van der Waals surface area contributed by atoms with Gasteiger partial charge in [0.1, 0.15) is 0 Å². The fourth-order valence-corrected chi connectivity index (χ4v) is 5.81. The number of aryl methyl sites for hydroxylation is 2. The van der Waals surface area contributed by atoms with Crippen LogP contribution in [-0.4, -0.2) is 40.8 Å². The minimum Gasteiger partial charge on any atom is -0.349 e. The smallest absolute Gasteiger partial charge is 0.333 e. The highest BCUT2D eigenvalue weighted by atomic mass is 35.5. The Labute approximate surface area is 236 Å². The zero-order valence-corrected chi connectivity index (χ0v) is 23.2. The average Bonchev–Trinajstić information content (AvgIpc) is 3.52. The van der Waals surface area contributed by atoms with Crippen molar-refractivity contribution in [3.8, 4) is 16.9 Å². The monoisotopic (exact) mass is 555 g/mol. The third-order valence-electron chi connectivity index (χ3n) is 7.76. The van der Waals surface area contributed by atoms with Gasteiger partial charge in [0, 0.05) is 43.8 Å². The van der Waals surface area contributed by atoms with Gasteiger partial charge in [-0.15, -0.1) is 0 Å². The third-order valence-corrected chi connectivity index (χ3v) is 7.97. The third kappa shape index (κ3) is 5.04. The Kier molecular flexibility index (Phi) is 6.98. The number of para-hydroxylation sites is 2. The minimum atomic E-state index is -0.141. The summed E-state index contributed by atoms with van der Waals surface area (Å²) in [4.78, 5) is 35.4. The first-order valence-electron chi connectivity index (χ1n) is 13.5. The number of fused-ring (bicyclic) bond motifs is 1. The van der Waals surface area contributed by atoms with Crippen molar-refractivity contribution >= 4 is 28.5 Å². The number of rotatable bonds is 6. The van der Waals surface area contributed by atoms with Crippen LogP contribution in [0.2, 0.25) is 5.02 Å². The van der Waals surface area contributed by atoms with E-state index in [0.717, 1.165) is 53.7 Å². The molecule has 1 aliphatic carbocycles. The number of nitrogens with one attached hydrogen (secondary N) is 1. The molecule has 40 heavy (non-hydrogen) atoms. The van der Waals surface area contributed by atoms with Crippen LogP contribution in [0.4, 0.5) is 0 Å². The predicted octanol–water partition coefficient (Wildman–Crippen LogP) is 4.93. The molecule has 0 atom stereocenters. The lowest BCUT2D eigenvalue weighted by molar-refractivity contribution is 0.0919. The van der Waals surface area contributed by atoms with Gasteiger partial charge in [-0.3, -0.25) is 28.6 Å². The maximum absolute atomic E-state index is 13.9. The predicted molar refractivity (Wildman–Crippen MR) is 155 cm³/mol. The van der Waals surface area contributed by atoms with Crippen LogP contribution in [0.25, 0.3) is 28.0 Å². The van der Waals surface area contributed by atoms with Gasteiger partial charge >= 0.3 is 5.69 Å². The maximum Gasteiger partial charge on any atom is 0.333 e. The van der Waals surface area contributed by atoms with E-state index in [4.69, 9.17) is 11.6 Å². The molecular weight excluding hydrogens is 526 g/mol. The van der Waals surface area contributed by atoms with Crippen LogP contribution in [0.5, 0.6) is 0 Å². The van der Waals surface area contributed by atoms with Crippen LogP contribution < -0.4 is 11.0 Å². The van der Waals surface area contributed by atoms with E-state index in [2.05, 4.69) is 20.4 Å². The minimum absolute atomic E-state index is 0.0658. The average molecular weight is 556 g/mol. The lowest BCUT2D eigenvalue weighted by Crippen LogP contribution is -2.39. The van der Waals surface area contributed by atoms with E-state index in [0.29, 0.717) is 28.7 Å². The Balaban J connectivity index is 1.20. The van der Waals surface area contributed by atoms with Gasteiger partial charge in [-0.1, -0.05) is 23.7 Å². The molecule has 0 spiro atoms. The zero-order chi connectivity index (χ0) is 27.8. The summed E-state index contributed by atoms with van der Waals surface area (Å²) < 4.78 is 5.39. The molecule has 0 bridgehead atoms. The van der Waals surface area contributed by atoms with Gasteiger partial charge in [-0.05, 0) is 68.9 Å². The topological polar surface area (TPSA) is 99.6 Å². The Morgan fingerprint density at radius 2 is 1.82 bits per heavy atom. The van der Waals surface area contributed by atoms with Crippen molar-refractivity contribution in [3.63, 3.8) is 0 Å². The molecule has 0 aliphatic heterocycles. The standard InChI is InChI=1S/C30H30ClN7O2/c1-19-25(13-22(31)16-33-19)29(39)35-23-9-7-20(8-10-23)17-37-27-5-3-4-6-28(27)38(30(37)40)24-11-12-32-26(14-24)21-15-34-36(2)18-21/h3-6,11-16,18,20,23H,7-10,17H2,1-2H3,(H,35,39)/t20-,23-. The Morgan fingerprint density at radius 3 is 2.58 bits per heavy atom. The van der Waals surface area contributed by atoms with Gasteiger partial charge in [0.2, 0.25) is 0 Å². The van der Waals surface area contributed by atoms with Crippen molar-refractivity contribution in [2.45, 2.75) is 45.2 Å². The van der Waals surface area contributed by atoms with Crippen LogP contribution in [0.1, 0.15) is 41.7 Å². The molecule has 204 valence electrons. The number of halogens is 1. The molecule has 4 aromatic heterocycles. The summed E-state index contributed by atoms with van der Waals surface area (Å²) >= 11 is 6.05. The Morgan fingerprint density at radius 1 is 1.05 bits per heavy atom. The van der Waals surface area contributed by atoms with E-state index >= 15 is 0 Å². The van der Waals surface area contributed by atoms with Crippen molar-refractivity contribution in [2.75, 3.05) is 0 Å². The lowest BCUT2D eigenvalue weighted by Gasteiger charge is -2.29. The van der Waals surface area contributed by atoms with E-state index < -0.39 is 0 Å². The van der Waals surface area contributed by atoms with Crippen molar-refractivity contribution in [2.24, 2.45) is 13.0 Å². The number of amides is 1. The molecule has 6 rings (SSSR count). The summed E-state index contributed by atoms with van der Waals surface area (Å²) in [7, 11) is 1.87. The normalized spacial score (nSPS) is 17.3. The van der Waals surface area contributed by atoms with Crippen molar-refractivity contribution in [1.29, 1.82) is 0 Å². The van der Waals surface area contributed by atoms with Crippen molar-refractivity contribution < 1.29 is 4.79 Å². The number of hydrogen-bond donors (Lipinski definition) is 1. The van der Waals surface area contributed by atoms with E-state index in [1.165, 1.54) is 0 Å². The molecule has 1 fully saturated rings. The first-order chi connectivity index (χ1) is 19.4. The first-order valence-corrected chi connectivity index (χ1v) is 13.8. The second-order valence-electron chi connectivity index (χ2n) is 10.5. The van der Waals surface area contributed by atoms with Gasteiger partial charge < -0.3 is 5.32 Å². The van der Waals surface area contributed by atoms with Gasteiger partial charge in [-0.25, -0.2) is 4.79 Å². The number of benzene rings is 1. The van der Waals surface area contributed by atoms with Crippen LogP contribution in [0, 0.1) is 12.8 Å². The van der Waals surface area contributed by atoms with Crippen molar-refractivity contribution in [1.82, 2.24) is 34.2 Å². The highest BCUT2D eigenvalue weighted by molar-refractivity contribution is 6.30. The summed E-state index contributed by atoms with van der Waals surface area (Å²) in [5, 5.41) is 7.85. The fourth-order valence-electron chi connectivity index (χ4n) is 5.65. The van der Waals surface area contributed by atoms with Crippen molar-refractivity contribution in [3.05, 3.63) is 94.0 Å². The molecule has 9 nitrogen and oxygen atoms in total. The summed E-state index contributed by atoms with van der Waals surface area (Å²) in [5.41, 5.74) is 5.30. The van der Waals surface area contributed by atoms with E-state index in [1.54, 1.807) is 33.9 Å². The van der Waals surface area contributed by atoms with Crippen LogP contribution >= 0.6 is 11.6 Å². The Hall–Kier alpha value is -4.24. The number of aromatic nitrogens is 6. The molecule has 0 saturated heterocycles. The molecule has 1 saturated carbocycles. The molecule has 5 aromatic rings. The summed E-state index contributed by atoms with van der Waals surface area (Å²) in [5.74, 6) is 0.196. The number of nitrogens with zero attached hydrogens (tertiary/aromatic N) is 6. The van der Waals surface area contributed by atoms with Crippen LogP contribution in [0.3, 0.4) is 0 Å². The fraction of sp³-hybridized carbons (Fsp3) is 0.300. The quantitative estimate of drug-likeness (QED) is 0.320. The Bertz CT molecular complexity index is 1760. The molecule has 4 heterocycles. The van der Waals surface area contributed by atoms with Crippen LogP contribution in [0.15, 0.2) is 72.0 Å². The molecule has 1 aliphatic rings. The molecule has 0 radical (unpaired) electrons. The lowest BCUT2D eigenvalue weighted by atomic mass is 9.85. The summed E-state index contributed by atoms with van der Waals surface area (Å²) in [6, 6.07) is 13.5. The summed E-state index contributed by atoms with van der Waals surface area (Å²) in [6.07, 6.45) is 10.5. The second-order valence-corrected chi connectivity index (χ2v) is 10.9. The number of pyridine rings is 2. The highest BCUT2D eigenvalue weighted by Gasteiger charge is 2.26. The molecule has 0 unspecified atom stereocenters. The summed E-state index contributed by atoms with van der Waals surface area (Å²) in [6.45, 7) is 2.44. The van der Waals surface area contributed by atoms with Gasteiger partial charge in [0.25, 0.3) is 5.91 Å². The number of hydrogen-bond acceptors (Lipinski definition) is 5. The maximum atomic E-state index is 13.9. The number of carbonyl (C=O) groups excluding carboxylic acids is 1.